The minimum atomic E-state index is -4.24. The second kappa shape index (κ2) is 8.76. The van der Waals surface area contributed by atoms with Crippen LogP contribution in [-0.2, 0) is 14.8 Å². The Morgan fingerprint density at radius 1 is 1.06 bits per heavy atom. The van der Waals surface area contributed by atoms with E-state index in [1.807, 2.05) is 13.8 Å². The molecule has 32 heavy (non-hydrogen) atoms. The maximum Gasteiger partial charge on any atom is 0.396 e. The smallest absolute Gasteiger partial charge is 0.396 e. The molecule has 1 aromatic heterocycles. The molecule has 0 aliphatic carbocycles. The molecular formula is C23H21NO6S2. The summed E-state index contributed by atoms with van der Waals surface area (Å²) in [5.41, 5.74) is 0.568. The number of hydrogen-bond acceptors (Lipinski definition) is 7. The number of nitrogens with zero attached hydrogens (tertiary/aromatic N) is 1. The van der Waals surface area contributed by atoms with Gasteiger partial charge in [-0.15, -0.1) is 0 Å². The lowest BCUT2D eigenvalue weighted by Gasteiger charge is -2.24. The van der Waals surface area contributed by atoms with Crippen molar-refractivity contribution in [1.82, 2.24) is 0 Å². The molecule has 1 heterocycles. The van der Waals surface area contributed by atoms with E-state index in [4.69, 9.17) is 9.15 Å². The molecule has 0 N–H and O–H groups in total. The first kappa shape index (κ1) is 22.0. The summed E-state index contributed by atoms with van der Waals surface area (Å²) in [6.45, 7) is 4.09. The molecule has 4 aromatic rings. The second-order valence-electron chi connectivity index (χ2n) is 7.04. The molecule has 0 aliphatic heterocycles. The van der Waals surface area contributed by atoms with E-state index in [1.165, 1.54) is 18.2 Å². The van der Waals surface area contributed by atoms with E-state index in [2.05, 4.69) is 0 Å². The van der Waals surface area contributed by atoms with E-state index in [0.29, 0.717) is 39.8 Å². The number of ether oxygens (including phenoxy) is 1. The van der Waals surface area contributed by atoms with Crippen LogP contribution in [0.25, 0.3) is 21.1 Å². The minimum absolute atomic E-state index is 0.0324. The lowest BCUT2D eigenvalue weighted by atomic mass is 10.1. The molecule has 0 fully saturated rings. The highest BCUT2D eigenvalue weighted by atomic mass is 32.2. The molecular weight excluding hydrogens is 450 g/mol. The van der Waals surface area contributed by atoms with Gasteiger partial charge in [-0.3, -0.25) is 4.79 Å². The third-order valence-electron chi connectivity index (χ3n) is 4.90. The molecule has 0 atom stereocenters. The third kappa shape index (κ3) is 3.89. The Kier molecular flexibility index (Phi) is 6.03. The van der Waals surface area contributed by atoms with Crippen LogP contribution in [0.4, 0.5) is 5.69 Å². The van der Waals surface area contributed by atoms with Crippen molar-refractivity contribution in [2.45, 2.75) is 31.6 Å². The molecule has 166 valence electrons. The predicted molar refractivity (Wildman–Crippen MR) is 125 cm³/mol. The molecule has 1 amide bonds. The van der Waals surface area contributed by atoms with Crippen LogP contribution in [0.3, 0.4) is 0 Å². The Morgan fingerprint density at radius 3 is 2.41 bits per heavy atom. The molecule has 4 rings (SSSR count). The van der Waals surface area contributed by atoms with Crippen molar-refractivity contribution in [2.75, 3.05) is 10.9 Å². The monoisotopic (exact) mass is 471 g/mol. The fourth-order valence-corrected chi connectivity index (χ4v) is 5.72. The number of rotatable bonds is 7. The minimum Gasteiger partial charge on any atom is -0.494 e. The highest BCUT2D eigenvalue weighted by molar-refractivity contribution is 7.93. The molecule has 0 aliphatic rings. The Morgan fingerprint density at radius 2 is 1.75 bits per heavy atom. The van der Waals surface area contributed by atoms with Gasteiger partial charge < -0.3 is 9.15 Å². The normalized spacial score (nSPS) is 11.7. The van der Waals surface area contributed by atoms with Gasteiger partial charge >= 0.3 is 4.94 Å². The van der Waals surface area contributed by atoms with Crippen molar-refractivity contribution in [1.29, 1.82) is 0 Å². The van der Waals surface area contributed by atoms with Crippen molar-refractivity contribution >= 4 is 54.0 Å². The number of fused-ring (bicyclic) bond motifs is 3. The van der Waals surface area contributed by atoms with Gasteiger partial charge in [-0.25, -0.2) is 17.5 Å². The van der Waals surface area contributed by atoms with Crippen LogP contribution in [0.2, 0.25) is 0 Å². The van der Waals surface area contributed by atoms with E-state index in [9.17, 15) is 18.0 Å². The van der Waals surface area contributed by atoms with Gasteiger partial charge in [0.15, 0.2) is 5.58 Å². The number of sulfonamides is 1. The predicted octanol–water partition coefficient (Wildman–Crippen LogP) is 4.93. The van der Waals surface area contributed by atoms with Crippen LogP contribution in [0.1, 0.15) is 26.7 Å². The topological polar surface area (TPSA) is 93.9 Å². The van der Waals surface area contributed by atoms with Crippen molar-refractivity contribution in [3.05, 3.63) is 64.3 Å². The number of carbonyl (C=O) groups excluding carboxylic acids is 1. The Bertz CT molecular complexity index is 1450. The fraction of sp³-hybridized carbons (Fsp3) is 0.217. The van der Waals surface area contributed by atoms with Gasteiger partial charge in [0, 0.05) is 17.2 Å². The SMILES string of the molecule is CCCC(=O)N(c1cc2sc(=O)oc2c2ccccc12)S(=O)(=O)c1ccc(OCC)cc1. The van der Waals surface area contributed by atoms with Gasteiger partial charge in [0.25, 0.3) is 10.0 Å². The van der Waals surface area contributed by atoms with Crippen molar-refractivity contribution < 1.29 is 22.4 Å². The van der Waals surface area contributed by atoms with Gasteiger partial charge in [0.2, 0.25) is 5.91 Å². The van der Waals surface area contributed by atoms with E-state index >= 15 is 0 Å². The van der Waals surface area contributed by atoms with E-state index in [1.54, 1.807) is 36.4 Å². The highest BCUT2D eigenvalue weighted by Crippen LogP contribution is 2.38. The van der Waals surface area contributed by atoms with Crippen molar-refractivity contribution in [3.63, 3.8) is 0 Å². The maximum absolute atomic E-state index is 13.7. The number of benzene rings is 3. The van der Waals surface area contributed by atoms with E-state index in [-0.39, 0.29) is 17.0 Å². The zero-order valence-corrected chi connectivity index (χ0v) is 19.2. The largest absolute Gasteiger partial charge is 0.494 e. The first-order valence-electron chi connectivity index (χ1n) is 10.1. The van der Waals surface area contributed by atoms with Gasteiger partial charge in [-0.1, -0.05) is 42.5 Å². The molecule has 0 unspecified atom stereocenters. The van der Waals surface area contributed by atoms with Gasteiger partial charge in [0.05, 0.1) is 21.9 Å². The molecule has 0 saturated carbocycles. The highest BCUT2D eigenvalue weighted by Gasteiger charge is 2.32. The summed E-state index contributed by atoms with van der Waals surface area (Å²) in [5, 5.41) is 1.06. The van der Waals surface area contributed by atoms with E-state index in [0.717, 1.165) is 15.6 Å². The summed E-state index contributed by atoms with van der Waals surface area (Å²) >= 11 is 0.866. The molecule has 0 spiro atoms. The van der Waals surface area contributed by atoms with Crippen molar-refractivity contribution in [2.24, 2.45) is 0 Å². The first-order chi connectivity index (χ1) is 15.4. The summed E-state index contributed by atoms with van der Waals surface area (Å²) in [5.74, 6) is -0.0188. The quantitative estimate of drug-likeness (QED) is 0.379. The summed E-state index contributed by atoms with van der Waals surface area (Å²) in [6, 6.07) is 14.4. The summed E-state index contributed by atoms with van der Waals surface area (Å²) in [4.78, 5) is 24.5. The van der Waals surface area contributed by atoms with Crippen LogP contribution in [0, 0.1) is 0 Å². The van der Waals surface area contributed by atoms with Gasteiger partial charge in [-0.2, -0.15) is 0 Å². The lowest BCUT2D eigenvalue weighted by Crippen LogP contribution is -2.37. The lowest BCUT2D eigenvalue weighted by molar-refractivity contribution is -0.117. The van der Waals surface area contributed by atoms with Crippen molar-refractivity contribution in [3.8, 4) is 5.75 Å². The number of amides is 1. The third-order valence-corrected chi connectivity index (χ3v) is 7.42. The van der Waals surface area contributed by atoms with Gasteiger partial charge in [-0.05, 0) is 43.7 Å². The average Bonchev–Trinajstić information content (AvgIpc) is 3.15. The summed E-state index contributed by atoms with van der Waals surface area (Å²) in [6.07, 6.45) is 0.525. The van der Waals surface area contributed by atoms with Crippen LogP contribution in [0.15, 0.2) is 68.7 Å². The van der Waals surface area contributed by atoms with Gasteiger partial charge in [0.1, 0.15) is 5.75 Å². The second-order valence-corrected chi connectivity index (χ2v) is 9.80. The molecule has 0 saturated heterocycles. The Hall–Kier alpha value is -3.17. The zero-order valence-electron chi connectivity index (χ0n) is 17.5. The average molecular weight is 472 g/mol. The van der Waals surface area contributed by atoms with Crippen LogP contribution in [0.5, 0.6) is 5.75 Å². The number of hydrogen-bond donors (Lipinski definition) is 0. The standard InChI is InChI=1S/C23H21NO6S2/c1-3-7-21(25)24(32(27,28)16-12-10-15(11-13-16)29-4-2)19-14-20-22(30-23(26)31-20)18-9-6-5-8-17(18)19/h5-6,8-14H,3-4,7H2,1-2H3. The molecule has 9 heteroatoms. The van der Waals surface area contributed by atoms with Crippen LogP contribution < -0.4 is 14.0 Å². The molecule has 0 radical (unpaired) electrons. The number of carbonyl (C=O) groups is 1. The maximum atomic E-state index is 13.7. The molecule has 3 aromatic carbocycles. The fourth-order valence-electron chi connectivity index (χ4n) is 3.54. The first-order valence-corrected chi connectivity index (χ1v) is 12.4. The zero-order chi connectivity index (χ0) is 22.9. The molecule has 7 nitrogen and oxygen atoms in total. The number of anilines is 1. The Balaban J connectivity index is 1.97. The summed E-state index contributed by atoms with van der Waals surface area (Å²) in [7, 11) is -4.24. The van der Waals surface area contributed by atoms with E-state index < -0.39 is 20.9 Å². The van der Waals surface area contributed by atoms with Crippen LogP contribution in [-0.4, -0.2) is 20.9 Å². The summed E-state index contributed by atoms with van der Waals surface area (Å²) < 4.78 is 39.4. The van der Waals surface area contributed by atoms with Crippen LogP contribution >= 0.6 is 11.3 Å². The molecule has 0 bridgehead atoms. The Labute approximate surface area is 188 Å².